The van der Waals surface area contributed by atoms with Crippen molar-refractivity contribution in [2.75, 3.05) is 20.1 Å². The van der Waals surface area contributed by atoms with Gasteiger partial charge >= 0.3 is 0 Å². The molecule has 28 heavy (non-hydrogen) atoms. The summed E-state index contributed by atoms with van der Waals surface area (Å²) in [5, 5.41) is 6.54. The van der Waals surface area contributed by atoms with Crippen LogP contribution in [0.5, 0.6) is 0 Å². The number of rotatable bonds is 7. The summed E-state index contributed by atoms with van der Waals surface area (Å²) in [4.78, 5) is 8.82. The summed E-state index contributed by atoms with van der Waals surface area (Å²) >= 11 is 0. The molecule has 0 amide bonds. The number of aromatic nitrogens is 2. The third-order valence-electron chi connectivity index (χ3n) is 4.56. The van der Waals surface area contributed by atoms with Gasteiger partial charge in [-0.05, 0) is 43.5 Å². The van der Waals surface area contributed by atoms with Crippen LogP contribution in [-0.2, 0) is 13.0 Å². The van der Waals surface area contributed by atoms with Crippen molar-refractivity contribution in [1.82, 2.24) is 20.2 Å². The van der Waals surface area contributed by atoms with Crippen LogP contribution in [0.1, 0.15) is 17.8 Å². The fourth-order valence-electron chi connectivity index (χ4n) is 3.16. The Balaban J connectivity index is 0.00000280. The number of benzene rings is 2. The van der Waals surface area contributed by atoms with Gasteiger partial charge in [-0.25, -0.2) is 9.37 Å². The van der Waals surface area contributed by atoms with E-state index in [0.717, 1.165) is 36.8 Å². The van der Waals surface area contributed by atoms with Crippen molar-refractivity contribution in [2.45, 2.75) is 26.3 Å². The fraction of sp³-hybridized carbons (Fsp3) is 0.333. The van der Waals surface area contributed by atoms with Crippen molar-refractivity contribution in [3.8, 4) is 0 Å². The van der Waals surface area contributed by atoms with Crippen LogP contribution in [0, 0.1) is 12.7 Å². The molecule has 1 aromatic heterocycles. The maximum Gasteiger partial charge on any atom is 0.190 e. The predicted octanol–water partition coefficient (Wildman–Crippen LogP) is 3.90. The molecule has 0 fully saturated rings. The smallest absolute Gasteiger partial charge is 0.190 e. The monoisotopic (exact) mass is 495 g/mol. The van der Waals surface area contributed by atoms with Gasteiger partial charge < -0.3 is 15.2 Å². The first-order valence-corrected chi connectivity index (χ1v) is 9.29. The molecule has 0 radical (unpaired) electrons. The molecule has 3 aromatic rings. The normalized spacial score (nSPS) is 11.3. The minimum Gasteiger partial charge on any atom is -0.356 e. The molecule has 0 bridgehead atoms. The van der Waals surface area contributed by atoms with Gasteiger partial charge in [-0.1, -0.05) is 30.3 Å². The molecule has 2 aromatic carbocycles. The van der Waals surface area contributed by atoms with Gasteiger partial charge in [0, 0.05) is 26.7 Å². The highest BCUT2D eigenvalue weighted by Crippen LogP contribution is 2.15. The SMILES string of the molecule is CN=C(NCCCn1c(C)nc2ccccc21)NCCc1ccccc1F.I. The quantitative estimate of drug-likeness (QED) is 0.226. The molecular formula is C21H27FIN5. The Morgan fingerprint density at radius 2 is 1.79 bits per heavy atom. The highest BCUT2D eigenvalue weighted by molar-refractivity contribution is 14.0. The Kier molecular flexibility index (Phi) is 8.69. The topological polar surface area (TPSA) is 54.2 Å². The second-order valence-corrected chi connectivity index (χ2v) is 6.42. The summed E-state index contributed by atoms with van der Waals surface area (Å²) in [5.41, 5.74) is 2.92. The van der Waals surface area contributed by atoms with E-state index >= 15 is 0 Å². The number of para-hydroxylation sites is 2. The van der Waals surface area contributed by atoms with Crippen molar-refractivity contribution < 1.29 is 4.39 Å². The molecule has 0 unspecified atom stereocenters. The van der Waals surface area contributed by atoms with Gasteiger partial charge in [0.15, 0.2) is 5.96 Å². The number of halogens is 2. The highest BCUT2D eigenvalue weighted by Gasteiger charge is 2.06. The Bertz CT molecular complexity index is 922. The molecule has 0 saturated carbocycles. The van der Waals surface area contributed by atoms with E-state index in [-0.39, 0.29) is 29.8 Å². The summed E-state index contributed by atoms with van der Waals surface area (Å²) in [7, 11) is 1.74. The number of nitrogens with zero attached hydrogens (tertiary/aromatic N) is 3. The minimum atomic E-state index is -0.162. The van der Waals surface area contributed by atoms with E-state index in [0.29, 0.717) is 18.5 Å². The largest absolute Gasteiger partial charge is 0.356 e. The number of hydrogen-bond donors (Lipinski definition) is 2. The molecule has 1 heterocycles. The number of aliphatic imine (C=N–C) groups is 1. The standard InChI is InChI=1S/C21H26FN5.HI/c1-16-26-19-10-5-6-11-20(19)27(16)15-7-13-24-21(23-2)25-14-12-17-8-3-4-9-18(17)22;/h3-6,8-11H,7,12-15H2,1-2H3,(H2,23,24,25);1H. The van der Waals surface area contributed by atoms with Crippen LogP contribution in [0.4, 0.5) is 4.39 Å². The molecule has 5 nitrogen and oxygen atoms in total. The van der Waals surface area contributed by atoms with E-state index in [1.807, 2.05) is 37.3 Å². The number of imidazole rings is 1. The molecule has 0 spiro atoms. The maximum absolute atomic E-state index is 13.6. The van der Waals surface area contributed by atoms with E-state index in [4.69, 9.17) is 0 Å². The van der Waals surface area contributed by atoms with Gasteiger partial charge in [-0.3, -0.25) is 4.99 Å². The average molecular weight is 495 g/mol. The zero-order chi connectivity index (χ0) is 19.1. The van der Waals surface area contributed by atoms with E-state index in [9.17, 15) is 4.39 Å². The van der Waals surface area contributed by atoms with Crippen LogP contribution in [0.2, 0.25) is 0 Å². The van der Waals surface area contributed by atoms with Gasteiger partial charge in [0.1, 0.15) is 11.6 Å². The Hall–Kier alpha value is -2.16. The molecule has 0 atom stereocenters. The zero-order valence-electron chi connectivity index (χ0n) is 16.3. The molecule has 0 aliphatic carbocycles. The van der Waals surface area contributed by atoms with Crippen molar-refractivity contribution in [2.24, 2.45) is 4.99 Å². The van der Waals surface area contributed by atoms with Gasteiger partial charge in [0.05, 0.1) is 11.0 Å². The first-order chi connectivity index (χ1) is 13.2. The summed E-state index contributed by atoms with van der Waals surface area (Å²) in [6.07, 6.45) is 1.57. The molecule has 2 N–H and O–H groups in total. The molecule has 0 saturated heterocycles. The van der Waals surface area contributed by atoms with Gasteiger partial charge in [0.2, 0.25) is 0 Å². The predicted molar refractivity (Wildman–Crippen MR) is 124 cm³/mol. The Labute approximate surface area is 182 Å². The number of aryl methyl sites for hydroxylation is 2. The molecule has 0 aliphatic rings. The van der Waals surface area contributed by atoms with Crippen LogP contribution in [0.3, 0.4) is 0 Å². The second kappa shape index (κ2) is 11.0. The maximum atomic E-state index is 13.6. The van der Waals surface area contributed by atoms with Gasteiger partial charge in [-0.15, -0.1) is 24.0 Å². The number of fused-ring (bicyclic) bond motifs is 1. The van der Waals surface area contributed by atoms with Gasteiger partial charge in [0.25, 0.3) is 0 Å². The molecule has 7 heteroatoms. The second-order valence-electron chi connectivity index (χ2n) is 6.42. The third kappa shape index (κ3) is 5.67. The van der Waals surface area contributed by atoms with Crippen molar-refractivity contribution in [3.05, 3.63) is 65.7 Å². The molecule has 0 aliphatic heterocycles. The Morgan fingerprint density at radius 3 is 2.57 bits per heavy atom. The number of guanidine groups is 1. The highest BCUT2D eigenvalue weighted by atomic mass is 127. The number of nitrogens with one attached hydrogen (secondary N) is 2. The summed E-state index contributed by atoms with van der Waals surface area (Å²) in [6.45, 7) is 4.36. The number of hydrogen-bond acceptors (Lipinski definition) is 2. The minimum absolute atomic E-state index is 0. The average Bonchev–Trinajstić information content (AvgIpc) is 3.00. The molecule has 3 rings (SSSR count). The molecule has 150 valence electrons. The lowest BCUT2D eigenvalue weighted by molar-refractivity contribution is 0.605. The van der Waals surface area contributed by atoms with E-state index in [2.05, 4.69) is 31.2 Å². The first-order valence-electron chi connectivity index (χ1n) is 9.29. The first kappa shape index (κ1) is 22.1. The van der Waals surface area contributed by atoms with Gasteiger partial charge in [-0.2, -0.15) is 0 Å². The van der Waals surface area contributed by atoms with Crippen molar-refractivity contribution in [3.63, 3.8) is 0 Å². The van der Waals surface area contributed by atoms with E-state index < -0.39 is 0 Å². The van der Waals surface area contributed by atoms with Crippen LogP contribution < -0.4 is 10.6 Å². The lowest BCUT2D eigenvalue weighted by Gasteiger charge is -2.13. The summed E-state index contributed by atoms with van der Waals surface area (Å²) in [5.74, 6) is 1.60. The Morgan fingerprint density at radius 1 is 1.07 bits per heavy atom. The van der Waals surface area contributed by atoms with Crippen LogP contribution in [0.25, 0.3) is 11.0 Å². The third-order valence-corrected chi connectivity index (χ3v) is 4.56. The lowest BCUT2D eigenvalue weighted by atomic mass is 10.1. The van der Waals surface area contributed by atoms with Crippen molar-refractivity contribution >= 4 is 41.0 Å². The lowest BCUT2D eigenvalue weighted by Crippen LogP contribution is -2.39. The molecular weight excluding hydrogens is 468 g/mol. The fourth-order valence-corrected chi connectivity index (χ4v) is 3.16. The van der Waals surface area contributed by atoms with Crippen LogP contribution in [0.15, 0.2) is 53.5 Å². The van der Waals surface area contributed by atoms with E-state index in [1.54, 1.807) is 13.1 Å². The van der Waals surface area contributed by atoms with E-state index in [1.165, 1.54) is 11.6 Å². The summed E-state index contributed by atoms with van der Waals surface area (Å²) in [6, 6.07) is 15.1. The zero-order valence-corrected chi connectivity index (χ0v) is 18.6. The van der Waals surface area contributed by atoms with Crippen LogP contribution in [-0.4, -0.2) is 35.6 Å². The van der Waals surface area contributed by atoms with Crippen molar-refractivity contribution in [1.29, 1.82) is 0 Å². The summed E-state index contributed by atoms with van der Waals surface area (Å²) < 4.78 is 15.9. The van der Waals surface area contributed by atoms with Crippen LogP contribution >= 0.6 is 24.0 Å².